The molecule has 2 rings (SSSR count). The van der Waals surface area contributed by atoms with Crippen LogP contribution < -0.4 is 0 Å². The van der Waals surface area contributed by atoms with Crippen LogP contribution >= 0.6 is 15.9 Å². The summed E-state index contributed by atoms with van der Waals surface area (Å²) in [5.41, 5.74) is 3.56. The molecule has 5 heteroatoms. The second-order valence-electron chi connectivity index (χ2n) is 3.29. The summed E-state index contributed by atoms with van der Waals surface area (Å²) >= 11 is 3.37. The summed E-state index contributed by atoms with van der Waals surface area (Å²) in [5, 5.41) is 9.32. The van der Waals surface area contributed by atoms with Gasteiger partial charge >= 0.3 is 5.97 Å². The predicted octanol–water partition coefficient (Wildman–Crippen LogP) is 2.56. The second kappa shape index (κ2) is 4.49. The first-order valence-electron chi connectivity index (χ1n) is 4.63. The van der Waals surface area contributed by atoms with Crippen molar-refractivity contribution in [3.05, 3.63) is 35.7 Å². The van der Waals surface area contributed by atoms with E-state index >= 15 is 0 Å². The van der Waals surface area contributed by atoms with Crippen LogP contribution in [-0.2, 0) is 10.1 Å². The molecule has 82 valence electrons. The molecule has 0 spiro atoms. The molecular formula is C11H9BrN2O2. The smallest absolute Gasteiger partial charge is 0.328 e. The van der Waals surface area contributed by atoms with Crippen molar-refractivity contribution >= 4 is 39.0 Å². The van der Waals surface area contributed by atoms with Crippen molar-refractivity contribution in [2.24, 2.45) is 0 Å². The Labute approximate surface area is 100 Å². The van der Waals surface area contributed by atoms with Crippen molar-refractivity contribution in [2.45, 2.75) is 5.33 Å². The van der Waals surface area contributed by atoms with E-state index in [-0.39, 0.29) is 0 Å². The minimum Gasteiger partial charge on any atom is -0.478 e. The molecule has 1 aromatic heterocycles. The molecular weight excluding hydrogens is 272 g/mol. The van der Waals surface area contributed by atoms with Gasteiger partial charge in [0.15, 0.2) is 0 Å². The number of aromatic nitrogens is 2. The Balaban J connectivity index is 2.56. The molecule has 0 aliphatic carbocycles. The Morgan fingerprint density at radius 3 is 3.06 bits per heavy atom. The largest absolute Gasteiger partial charge is 0.478 e. The number of rotatable bonds is 3. The third-order valence-electron chi connectivity index (χ3n) is 2.17. The molecule has 16 heavy (non-hydrogen) atoms. The first-order chi connectivity index (χ1) is 7.70. The first-order valence-corrected chi connectivity index (χ1v) is 5.76. The fourth-order valence-corrected chi connectivity index (χ4v) is 1.83. The maximum atomic E-state index is 10.5. The number of hydrogen-bond acceptors (Lipinski definition) is 2. The van der Waals surface area contributed by atoms with Gasteiger partial charge in [-0.1, -0.05) is 15.9 Å². The Bertz CT molecular complexity index is 560. The number of alkyl halides is 1. The lowest BCUT2D eigenvalue weighted by Crippen LogP contribution is -1.88. The number of nitrogens with one attached hydrogen (secondary N) is 1. The minimum absolute atomic E-state index is 0.718. The van der Waals surface area contributed by atoms with Crippen molar-refractivity contribution in [2.75, 3.05) is 0 Å². The highest BCUT2D eigenvalue weighted by molar-refractivity contribution is 9.08. The molecule has 0 aliphatic rings. The summed E-state index contributed by atoms with van der Waals surface area (Å²) in [6, 6.07) is 3.90. The standard InChI is InChI=1S/C11H9BrN2O2/c12-5-7-3-8(1-2-10(15)16)11-9(4-7)13-6-14-11/h1-4,6H,5H2,(H,13,14)(H,15,16)/b2-1+. The monoisotopic (exact) mass is 280 g/mol. The zero-order valence-electron chi connectivity index (χ0n) is 8.27. The summed E-state index contributed by atoms with van der Waals surface area (Å²) in [5.74, 6) is -0.965. The Morgan fingerprint density at radius 1 is 1.56 bits per heavy atom. The van der Waals surface area contributed by atoms with E-state index in [9.17, 15) is 4.79 Å². The van der Waals surface area contributed by atoms with Crippen molar-refractivity contribution < 1.29 is 9.90 Å². The molecule has 0 atom stereocenters. The third-order valence-corrected chi connectivity index (χ3v) is 2.82. The Hall–Kier alpha value is -1.62. The molecule has 0 saturated carbocycles. The molecule has 1 heterocycles. The highest BCUT2D eigenvalue weighted by Gasteiger charge is 2.04. The summed E-state index contributed by atoms with van der Waals surface area (Å²) in [4.78, 5) is 17.6. The van der Waals surface area contributed by atoms with E-state index in [0.29, 0.717) is 0 Å². The summed E-state index contributed by atoms with van der Waals surface area (Å²) < 4.78 is 0. The Kier molecular flexibility index (Phi) is 3.05. The highest BCUT2D eigenvalue weighted by atomic mass is 79.9. The number of carboxylic acids is 1. The Morgan fingerprint density at radius 2 is 2.38 bits per heavy atom. The van der Waals surface area contributed by atoms with Crippen molar-refractivity contribution in [1.29, 1.82) is 0 Å². The number of carbonyl (C=O) groups is 1. The van der Waals surface area contributed by atoms with E-state index in [1.54, 1.807) is 12.4 Å². The SMILES string of the molecule is O=C(O)/C=C/c1cc(CBr)cc2[nH]cnc12. The van der Waals surface area contributed by atoms with E-state index in [1.807, 2.05) is 12.1 Å². The second-order valence-corrected chi connectivity index (χ2v) is 3.85. The number of hydrogen-bond donors (Lipinski definition) is 2. The van der Waals surface area contributed by atoms with Crippen molar-refractivity contribution in [3.63, 3.8) is 0 Å². The topological polar surface area (TPSA) is 66.0 Å². The lowest BCUT2D eigenvalue weighted by molar-refractivity contribution is -0.131. The number of aromatic amines is 1. The van der Waals surface area contributed by atoms with Gasteiger partial charge in [-0.05, 0) is 23.8 Å². The minimum atomic E-state index is -0.965. The molecule has 0 amide bonds. The molecule has 1 aromatic carbocycles. The number of aliphatic carboxylic acids is 1. The molecule has 0 bridgehead atoms. The average Bonchev–Trinajstić information content (AvgIpc) is 2.73. The van der Waals surface area contributed by atoms with Gasteiger partial charge < -0.3 is 10.1 Å². The van der Waals surface area contributed by atoms with Crippen LogP contribution in [0.5, 0.6) is 0 Å². The molecule has 0 fully saturated rings. The van der Waals surface area contributed by atoms with Crippen molar-refractivity contribution in [3.8, 4) is 0 Å². The normalized spacial score (nSPS) is 11.3. The van der Waals surface area contributed by atoms with Gasteiger partial charge in [0.2, 0.25) is 0 Å². The van der Waals surface area contributed by atoms with Gasteiger partial charge in [0, 0.05) is 17.0 Å². The molecule has 0 saturated heterocycles. The predicted molar refractivity (Wildman–Crippen MR) is 65.4 cm³/mol. The molecule has 0 aliphatic heterocycles. The van der Waals surface area contributed by atoms with Crippen molar-refractivity contribution in [1.82, 2.24) is 9.97 Å². The van der Waals surface area contributed by atoms with Gasteiger partial charge in [-0.25, -0.2) is 9.78 Å². The first kappa shape index (κ1) is 10.9. The van der Waals surface area contributed by atoms with Crippen LogP contribution in [0, 0.1) is 0 Å². The van der Waals surface area contributed by atoms with Crippen LogP contribution in [0.1, 0.15) is 11.1 Å². The van der Waals surface area contributed by atoms with Crippen LogP contribution in [0.15, 0.2) is 24.5 Å². The quantitative estimate of drug-likeness (QED) is 0.671. The van der Waals surface area contributed by atoms with Crippen LogP contribution in [0.25, 0.3) is 17.1 Å². The summed E-state index contributed by atoms with van der Waals surface area (Å²) in [6.45, 7) is 0. The van der Waals surface area contributed by atoms with Crippen LogP contribution in [0.3, 0.4) is 0 Å². The van der Waals surface area contributed by atoms with Crippen LogP contribution in [0.4, 0.5) is 0 Å². The number of fused-ring (bicyclic) bond motifs is 1. The van der Waals surface area contributed by atoms with Gasteiger partial charge in [0.1, 0.15) is 0 Å². The number of H-pyrrole nitrogens is 1. The average molecular weight is 281 g/mol. The van der Waals surface area contributed by atoms with Crippen LogP contribution in [-0.4, -0.2) is 21.0 Å². The number of benzene rings is 1. The van der Waals surface area contributed by atoms with Crippen LogP contribution in [0.2, 0.25) is 0 Å². The number of nitrogens with zero attached hydrogens (tertiary/aromatic N) is 1. The number of imidazole rings is 1. The lowest BCUT2D eigenvalue weighted by Gasteiger charge is -2.00. The highest BCUT2D eigenvalue weighted by Crippen LogP contribution is 2.20. The van der Waals surface area contributed by atoms with Gasteiger partial charge in [-0.2, -0.15) is 0 Å². The van der Waals surface area contributed by atoms with E-state index in [2.05, 4.69) is 25.9 Å². The zero-order valence-corrected chi connectivity index (χ0v) is 9.86. The molecule has 0 radical (unpaired) electrons. The van der Waals surface area contributed by atoms with Gasteiger partial charge in [0.05, 0.1) is 17.4 Å². The molecule has 4 nitrogen and oxygen atoms in total. The number of halogens is 1. The van der Waals surface area contributed by atoms with Gasteiger partial charge in [-0.15, -0.1) is 0 Å². The molecule has 2 N–H and O–H groups in total. The fraction of sp³-hybridized carbons (Fsp3) is 0.0909. The lowest BCUT2D eigenvalue weighted by atomic mass is 10.1. The zero-order chi connectivity index (χ0) is 11.5. The molecule has 0 unspecified atom stereocenters. The fourth-order valence-electron chi connectivity index (χ4n) is 1.50. The maximum Gasteiger partial charge on any atom is 0.328 e. The summed E-state index contributed by atoms with van der Waals surface area (Å²) in [6.07, 6.45) is 4.26. The van der Waals surface area contributed by atoms with E-state index in [4.69, 9.17) is 5.11 Å². The summed E-state index contributed by atoms with van der Waals surface area (Å²) in [7, 11) is 0. The molecule has 2 aromatic rings. The van der Waals surface area contributed by atoms with E-state index < -0.39 is 5.97 Å². The van der Waals surface area contributed by atoms with Gasteiger partial charge in [-0.3, -0.25) is 0 Å². The van der Waals surface area contributed by atoms with E-state index in [1.165, 1.54) is 0 Å². The third kappa shape index (κ3) is 2.14. The van der Waals surface area contributed by atoms with E-state index in [0.717, 1.165) is 33.6 Å². The maximum absolute atomic E-state index is 10.5. The number of carboxylic acid groups (broad SMARTS) is 1. The van der Waals surface area contributed by atoms with Gasteiger partial charge in [0.25, 0.3) is 0 Å².